The Hall–Kier alpha value is -1.69. The van der Waals surface area contributed by atoms with Crippen molar-refractivity contribution in [2.75, 3.05) is 11.9 Å². The Bertz CT molecular complexity index is 573. The van der Waals surface area contributed by atoms with Crippen molar-refractivity contribution in [2.45, 2.75) is 51.0 Å². The van der Waals surface area contributed by atoms with E-state index in [1.807, 2.05) is 0 Å². The van der Waals surface area contributed by atoms with Crippen LogP contribution in [0.15, 0.2) is 12.1 Å². The summed E-state index contributed by atoms with van der Waals surface area (Å²) in [6.45, 7) is 5.44. The van der Waals surface area contributed by atoms with Gasteiger partial charge >= 0.3 is 6.09 Å². The Balaban J connectivity index is 2.28. The maximum Gasteiger partial charge on any atom is 0.412 e. The molecule has 1 aromatic rings. The van der Waals surface area contributed by atoms with E-state index in [1.54, 1.807) is 20.8 Å². The Kier molecular flexibility index (Phi) is 4.42. The molecule has 122 valence electrons. The van der Waals surface area contributed by atoms with Gasteiger partial charge in [0, 0.05) is 12.0 Å². The number of nitrogens with one attached hydrogen (secondary N) is 1. The second-order valence-corrected chi connectivity index (χ2v) is 6.78. The van der Waals surface area contributed by atoms with Crippen LogP contribution in [0.1, 0.15) is 45.6 Å². The molecule has 0 unspecified atom stereocenters. The molecule has 0 heterocycles. The van der Waals surface area contributed by atoms with Crippen molar-refractivity contribution in [3.05, 3.63) is 29.3 Å². The van der Waals surface area contributed by atoms with E-state index < -0.39 is 23.3 Å². The molecular weight excluding hydrogens is 290 g/mol. The minimum absolute atomic E-state index is 0.219. The van der Waals surface area contributed by atoms with Crippen LogP contribution in [0.4, 0.5) is 19.3 Å². The van der Waals surface area contributed by atoms with Crippen LogP contribution in [0.25, 0.3) is 0 Å². The summed E-state index contributed by atoms with van der Waals surface area (Å²) in [5, 5.41) is 2.28. The smallest absolute Gasteiger partial charge is 0.412 e. The Morgan fingerprint density at radius 1 is 1.36 bits per heavy atom. The van der Waals surface area contributed by atoms with E-state index in [4.69, 9.17) is 10.5 Å². The molecule has 0 atom stereocenters. The van der Waals surface area contributed by atoms with Crippen LogP contribution in [0.3, 0.4) is 0 Å². The van der Waals surface area contributed by atoms with Gasteiger partial charge < -0.3 is 10.5 Å². The third-order valence-corrected chi connectivity index (χ3v) is 3.98. The average molecular weight is 312 g/mol. The normalized spacial score (nSPS) is 16.8. The first-order valence-corrected chi connectivity index (χ1v) is 7.36. The summed E-state index contributed by atoms with van der Waals surface area (Å²) in [6.07, 6.45) is 1.85. The lowest BCUT2D eigenvalue weighted by molar-refractivity contribution is 0.0635. The number of halogens is 2. The zero-order valence-electron chi connectivity index (χ0n) is 13.1. The fourth-order valence-corrected chi connectivity index (χ4v) is 2.61. The molecule has 4 nitrogen and oxygen atoms in total. The predicted molar refractivity (Wildman–Crippen MR) is 80.8 cm³/mol. The molecule has 6 heteroatoms. The van der Waals surface area contributed by atoms with E-state index in [0.717, 1.165) is 19.3 Å². The number of ether oxygens (including phenoxy) is 1. The molecule has 1 aliphatic carbocycles. The fraction of sp³-hybridized carbons (Fsp3) is 0.562. The highest BCUT2D eigenvalue weighted by atomic mass is 19.2. The zero-order valence-corrected chi connectivity index (χ0v) is 13.1. The average Bonchev–Trinajstić information content (AvgIpc) is 2.32. The fourth-order valence-electron chi connectivity index (χ4n) is 2.61. The van der Waals surface area contributed by atoms with Gasteiger partial charge in [0.05, 0.1) is 5.69 Å². The van der Waals surface area contributed by atoms with Crippen LogP contribution in [-0.2, 0) is 10.2 Å². The van der Waals surface area contributed by atoms with E-state index in [-0.39, 0.29) is 11.1 Å². The molecule has 1 saturated carbocycles. The number of benzene rings is 1. The Morgan fingerprint density at radius 2 is 2.00 bits per heavy atom. The highest BCUT2D eigenvalue weighted by Crippen LogP contribution is 2.44. The van der Waals surface area contributed by atoms with Gasteiger partial charge in [0.2, 0.25) is 0 Å². The molecule has 1 aliphatic rings. The Labute approximate surface area is 129 Å². The minimum Gasteiger partial charge on any atom is -0.444 e. The van der Waals surface area contributed by atoms with Gasteiger partial charge in [0.1, 0.15) is 5.60 Å². The molecule has 1 aromatic carbocycles. The summed E-state index contributed by atoms with van der Waals surface area (Å²) < 4.78 is 32.8. The number of amides is 1. The third-order valence-electron chi connectivity index (χ3n) is 3.98. The number of carbonyl (C=O) groups excluding carboxylic acids is 1. The number of rotatable bonds is 3. The quantitative estimate of drug-likeness (QED) is 0.894. The lowest BCUT2D eigenvalue weighted by Crippen LogP contribution is -2.41. The van der Waals surface area contributed by atoms with Crippen molar-refractivity contribution in [3.8, 4) is 0 Å². The lowest BCUT2D eigenvalue weighted by Gasteiger charge is -2.41. The lowest BCUT2D eigenvalue weighted by atomic mass is 9.64. The van der Waals surface area contributed by atoms with Gasteiger partial charge in [-0.25, -0.2) is 13.6 Å². The molecule has 1 amide bonds. The van der Waals surface area contributed by atoms with Crippen LogP contribution >= 0.6 is 0 Å². The van der Waals surface area contributed by atoms with Gasteiger partial charge in [-0.3, -0.25) is 5.32 Å². The summed E-state index contributed by atoms with van der Waals surface area (Å²) in [7, 11) is 0. The van der Waals surface area contributed by atoms with Crippen LogP contribution in [0.2, 0.25) is 0 Å². The van der Waals surface area contributed by atoms with Gasteiger partial charge in [0.25, 0.3) is 0 Å². The highest BCUT2D eigenvalue weighted by Gasteiger charge is 2.38. The first kappa shape index (κ1) is 16.7. The first-order chi connectivity index (χ1) is 10.2. The van der Waals surface area contributed by atoms with E-state index in [1.165, 1.54) is 12.1 Å². The number of anilines is 1. The van der Waals surface area contributed by atoms with Crippen molar-refractivity contribution in [1.29, 1.82) is 0 Å². The number of hydrogen-bond donors (Lipinski definition) is 2. The van der Waals surface area contributed by atoms with Crippen molar-refractivity contribution >= 4 is 11.8 Å². The molecule has 1 fully saturated rings. The summed E-state index contributed by atoms with van der Waals surface area (Å²) in [5.74, 6) is -2.09. The standard InChI is InChI=1S/C16H22F2N2O2/c1-15(2,3)22-14(21)20-12-8-10(7-11(17)13(12)18)16(9-19)5-4-6-16/h7-8H,4-6,9,19H2,1-3H3,(H,20,21). The van der Waals surface area contributed by atoms with Crippen LogP contribution in [0.5, 0.6) is 0 Å². The van der Waals surface area contributed by atoms with Gasteiger partial charge in [-0.15, -0.1) is 0 Å². The summed E-state index contributed by atoms with van der Waals surface area (Å²) >= 11 is 0. The number of hydrogen-bond acceptors (Lipinski definition) is 3. The maximum absolute atomic E-state index is 13.9. The predicted octanol–water partition coefficient (Wildman–Crippen LogP) is 3.69. The largest absolute Gasteiger partial charge is 0.444 e. The molecule has 0 radical (unpaired) electrons. The topological polar surface area (TPSA) is 64.3 Å². The molecule has 2 rings (SSSR count). The minimum atomic E-state index is -1.10. The molecule has 0 saturated heterocycles. The number of nitrogens with two attached hydrogens (primary N) is 1. The molecule has 0 aliphatic heterocycles. The Morgan fingerprint density at radius 3 is 2.45 bits per heavy atom. The second kappa shape index (κ2) is 5.83. The number of carbonyl (C=O) groups is 1. The van der Waals surface area contributed by atoms with Gasteiger partial charge in [0.15, 0.2) is 11.6 Å². The van der Waals surface area contributed by atoms with Gasteiger partial charge in [-0.2, -0.15) is 0 Å². The SMILES string of the molecule is CC(C)(C)OC(=O)Nc1cc(C2(CN)CCC2)cc(F)c1F. The van der Waals surface area contributed by atoms with E-state index >= 15 is 0 Å². The van der Waals surface area contributed by atoms with E-state index in [9.17, 15) is 13.6 Å². The molecular formula is C16H22F2N2O2. The first-order valence-electron chi connectivity index (χ1n) is 7.36. The summed E-state index contributed by atoms with van der Waals surface area (Å²) in [4.78, 5) is 11.8. The summed E-state index contributed by atoms with van der Waals surface area (Å²) in [5.41, 5.74) is 5.15. The monoisotopic (exact) mass is 312 g/mol. The van der Waals surface area contributed by atoms with Gasteiger partial charge in [-0.05, 0) is 51.3 Å². The molecule has 3 N–H and O–H groups in total. The third kappa shape index (κ3) is 3.38. The highest BCUT2D eigenvalue weighted by molar-refractivity contribution is 5.85. The molecule has 0 bridgehead atoms. The molecule has 0 spiro atoms. The van der Waals surface area contributed by atoms with E-state index in [0.29, 0.717) is 12.1 Å². The zero-order chi connectivity index (χ0) is 16.5. The van der Waals surface area contributed by atoms with Crippen LogP contribution in [-0.4, -0.2) is 18.2 Å². The van der Waals surface area contributed by atoms with Crippen LogP contribution in [0, 0.1) is 11.6 Å². The van der Waals surface area contributed by atoms with Crippen LogP contribution < -0.4 is 11.1 Å². The molecule has 0 aromatic heterocycles. The maximum atomic E-state index is 13.9. The van der Waals surface area contributed by atoms with Crippen molar-refractivity contribution in [3.63, 3.8) is 0 Å². The van der Waals surface area contributed by atoms with Crippen molar-refractivity contribution in [1.82, 2.24) is 0 Å². The second-order valence-electron chi connectivity index (χ2n) is 6.78. The van der Waals surface area contributed by atoms with Crippen molar-refractivity contribution < 1.29 is 18.3 Å². The van der Waals surface area contributed by atoms with Crippen molar-refractivity contribution in [2.24, 2.45) is 5.73 Å². The van der Waals surface area contributed by atoms with Gasteiger partial charge in [-0.1, -0.05) is 6.42 Å². The van der Waals surface area contributed by atoms with E-state index in [2.05, 4.69) is 5.32 Å². The molecule has 22 heavy (non-hydrogen) atoms. The summed E-state index contributed by atoms with van der Waals surface area (Å²) in [6, 6.07) is 2.62.